The third kappa shape index (κ3) is 5.72. The topological polar surface area (TPSA) is 52.6 Å². The third-order valence-electron chi connectivity index (χ3n) is 5.80. The lowest BCUT2D eigenvalue weighted by molar-refractivity contribution is -0.178. The second-order valence-electron chi connectivity index (χ2n) is 10.1. The maximum Gasteiger partial charge on any atom is 0.344 e. The van der Waals surface area contributed by atoms with Crippen molar-refractivity contribution in [2.45, 2.75) is 99.5 Å². The molecular weight excluding hydrogens is 316 g/mol. The normalized spacial score (nSPS) is 20.0. The number of hydrogen-bond acceptors (Lipinski definition) is 4. The first-order chi connectivity index (χ1) is 11.2. The van der Waals surface area contributed by atoms with E-state index in [1.165, 1.54) is 0 Å². The molecule has 0 spiro atoms. The van der Waals surface area contributed by atoms with Crippen molar-refractivity contribution in [1.82, 2.24) is 0 Å². The summed E-state index contributed by atoms with van der Waals surface area (Å²) in [5.74, 6) is -0.743. The molecule has 146 valence electrons. The summed E-state index contributed by atoms with van der Waals surface area (Å²) in [6, 6.07) is 0. The zero-order chi connectivity index (χ0) is 19.5. The van der Waals surface area contributed by atoms with E-state index in [-0.39, 0.29) is 29.0 Å². The van der Waals surface area contributed by atoms with Gasteiger partial charge in [0.25, 0.3) is 0 Å². The van der Waals surface area contributed by atoms with E-state index in [4.69, 9.17) is 9.47 Å². The highest BCUT2D eigenvalue weighted by atomic mass is 16.6. The van der Waals surface area contributed by atoms with Crippen LogP contribution in [0, 0.1) is 16.2 Å². The van der Waals surface area contributed by atoms with Crippen molar-refractivity contribution in [3.8, 4) is 0 Å². The van der Waals surface area contributed by atoms with Crippen molar-refractivity contribution in [1.29, 1.82) is 0 Å². The van der Waals surface area contributed by atoms with E-state index in [1.54, 1.807) is 0 Å². The Labute approximate surface area is 154 Å². The van der Waals surface area contributed by atoms with Gasteiger partial charge in [0.2, 0.25) is 0 Å². The van der Waals surface area contributed by atoms with E-state index in [1.807, 2.05) is 34.6 Å². The number of ether oxygens (including phenoxy) is 2. The predicted molar refractivity (Wildman–Crippen MR) is 100 cm³/mol. The first kappa shape index (κ1) is 22.0. The highest BCUT2D eigenvalue weighted by Gasteiger charge is 2.48. The number of rotatable bonds is 6. The van der Waals surface area contributed by atoms with Crippen LogP contribution in [0.4, 0.5) is 0 Å². The molecule has 0 aromatic rings. The summed E-state index contributed by atoms with van der Waals surface area (Å²) in [5.41, 5.74) is -1.29. The zero-order valence-electron chi connectivity index (χ0n) is 17.6. The molecule has 1 saturated carbocycles. The van der Waals surface area contributed by atoms with Gasteiger partial charge in [0.1, 0.15) is 5.60 Å². The van der Waals surface area contributed by atoms with Gasteiger partial charge in [0.05, 0.1) is 5.41 Å². The van der Waals surface area contributed by atoms with Gasteiger partial charge < -0.3 is 9.47 Å². The molecule has 1 fully saturated rings. The molecule has 0 N–H and O–H groups in total. The van der Waals surface area contributed by atoms with Gasteiger partial charge in [0.15, 0.2) is 6.61 Å². The summed E-state index contributed by atoms with van der Waals surface area (Å²) < 4.78 is 11.1. The number of carbonyl (C=O) groups is 2. The van der Waals surface area contributed by atoms with Gasteiger partial charge in [-0.05, 0) is 56.3 Å². The standard InChI is InChI=1S/C21H38O4/c1-9-21(12-10-11-13-21)25-16(22)14-24-17(23)20(8,19(5,6)7)15-18(2,3)4/h9-15H2,1-8H3. The van der Waals surface area contributed by atoms with Gasteiger partial charge >= 0.3 is 11.9 Å². The molecule has 0 radical (unpaired) electrons. The molecule has 0 aromatic heterocycles. The maximum absolute atomic E-state index is 12.9. The molecule has 0 amide bonds. The summed E-state index contributed by atoms with van der Waals surface area (Å²) >= 11 is 0. The Hall–Kier alpha value is -1.06. The van der Waals surface area contributed by atoms with Gasteiger partial charge in [-0.3, -0.25) is 4.79 Å². The molecule has 1 rings (SSSR count). The first-order valence-electron chi connectivity index (χ1n) is 9.64. The summed E-state index contributed by atoms with van der Waals surface area (Å²) in [5, 5.41) is 0. The molecule has 1 aliphatic rings. The fraction of sp³-hybridized carbons (Fsp3) is 0.905. The van der Waals surface area contributed by atoms with Gasteiger partial charge in [-0.25, -0.2) is 4.79 Å². The molecular formula is C21H38O4. The van der Waals surface area contributed by atoms with Gasteiger partial charge in [0, 0.05) is 0 Å². The molecule has 1 atom stereocenters. The Morgan fingerprint density at radius 2 is 1.48 bits per heavy atom. The predicted octanol–water partition coefficient (Wildman–Crippen LogP) is 5.28. The Bertz CT molecular complexity index is 475. The van der Waals surface area contributed by atoms with Crippen LogP contribution >= 0.6 is 0 Å². The molecule has 0 heterocycles. The molecule has 0 aromatic carbocycles. The number of esters is 2. The lowest BCUT2D eigenvalue weighted by Crippen LogP contribution is -2.45. The quantitative estimate of drug-likeness (QED) is 0.609. The van der Waals surface area contributed by atoms with E-state index < -0.39 is 11.4 Å². The highest BCUT2D eigenvalue weighted by molar-refractivity contribution is 5.81. The average molecular weight is 355 g/mol. The number of carbonyl (C=O) groups excluding carboxylic acids is 2. The molecule has 0 aliphatic heterocycles. The second-order valence-corrected chi connectivity index (χ2v) is 10.1. The van der Waals surface area contributed by atoms with Crippen LogP contribution in [-0.2, 0) is 19.1 Å². The minimum absolute atomic E-state index is 0.0162. The fourth-order valence-corrected chi connectivity index (χ4v) is 3.81. The molecule has 1 aliphatic carbocycles. The van der Waals surface area contributed by atoms with Crippen molar-refractivity contribution >= 4 is 11.9 Å². The van der Waals surface area contributed by atoms with Gasteiger partial charge in [-0.1, -0.05) is 48.5 Å². The largest absolute Gasteiger partial charge is 0.457 e. The third-order valence-corrected chi connectivity index (χ3v) is 5.80. The van der Waals surface area contributed by atoms with Crippen LogP contribution in [0.2, 0.25) is 0 Å². The van der Waals surface area contributed by atoms with Crippen LogP contribution < -0.4 is 0 Å². The minimum atomic E-state index is -0.665. The van der Waals surface area contributed by atoms with Crippen molar-refractivity contribution in [2.75, 3.05) is 6.61 Å². The van der Waals surface area contributed by atoms with E-state index in [0.717, 1.165) is 32.1 Å². The van der Waals surface area contributed by atoms with Crippen LogP contribution in [0.3, 0.4) is 0 Å². The Balaban J connectivity index is 2.73. The smallest absolute Gasteiger partial charge is 0.344 e. The summed E-state index contributed by atoms with van der Waals surface area (Å²) in [6.07, 6.45) is 5.51. The summed E-state index contributed by atoms with van der Waals surface area (Å²) in [4.78, 5) is 25.1. The number of hydrogen-bond donors (Lipinski definition) is 0. The Kier molecular flexibility index (Phi) is 6.75. The van der Waals surface area contributed by atoms with Crippen molar-refractivity contribution in [3.05, 3.63) is 0 Å². The molecule has 0 saturated heterocycles. The summed E-state index contributed by atoms with van der Waals surface area (Å²) in [7, 11) is 0. The van der Waals surface area contributed by atoms with Gasteiger partial charge in [-0.2, -0.15) is 0 Å². The molecule has 4 nitrogen and oxygen atoms in total. The molecule has 1 unspecified atom stereocenters. The minimum Gasteiger partial charge on any atom is -0.457 e. The molecule has 25 heavy (non-hydrogen) atoms. The SMILES string of the molecule is CCC1(OC(=O)COC(=O)C(C)(CC(C)(C)C)C(C)(C)C)CCCC1. The van der Waals surface area contributed by atoms with Crippen LogP contribution in [0.5, 0.6) is 0 Å². The van der Waals surface area contributed by atoms with E-state index in [9.17, 15) is 9.59 Å². The Morgan fingerprint density at radius 1 is 0.960 bits per heavy atom. The highest BCUT2D eigenvalue weighted by Crippen LogP contribution is 2.47. The first-order valence-corrected chi connectivity index (χ1v) is 9.64. The lowest BCUT2D eigenvalue weighted by atomic mass is 9.61. The average Bonchev–Trinajstić information content (AvgIpc) is 2.90. The lowest BCUT2D eigenvalue weighted by Gasteiger charge is -2.43. The van der Waals surface area contributed by atoms with Crippen LogP contribution in [0.15, 0.2) is 0 Å². The Morgan fingerprint density at radius 3 is 1.88 bits per heavy atom. The van der Waals surface area contributed by atoms with Crippen LogP contribution in [-0.4, -0.2) is 24.1 Å². The van der Waals surface area contributed by atoms with Crippen molar-refractivity contribution < 1.29 is 19.1 Å². The fourth-order valence-electron chi connectivity index (χ4n) is 3.81. The van der Waals surface area contributed by atoms with Crippen molar-refractivity contribution in [3.63, 3.8) is 0 Å². The van der Waals surface area contributed by atoms with Crippen LogP contribution in [0.25, 0.3) is 0 Å². The van der Waals surface area contributed by atoms with E-state index in [2.05, 4.69) is 20.8 Å². The monoisotopic (exact) mass is 354 g/mol. The van der Waals surface area contributed by atoms with Crippen LogP contribution in [0.1, 0.15) is 93.9 Å². The van der Waals surface area contributed by atoms with E-state index >= 15 is 0 Å². The van der Waals surface area contributed by atoms with Crippen molar-refractivity contribution in [2.24, 2.45) is 16.2 Å². The van der Waals surface area contributed by atoms with Gasteiger partial charge in [-0.15, -0.1) is 0 Å². The second kappa shape index (κ2) is 7.67. The molecule has 0 bridgehead atoms. The molecule has 4 heteroatoms. The summed E-state index contributed by atoms with van der Waals surface area (Å²) in [6.45, 7) is 16.2. The van der Waals surface area contributed by atoms with E-state index in [0.29, 0.717) is 6.42 Å². The maximum atomic E-state index is 12.9. The zero-order valence-corrected chi connectivity index (χ0v) is 17.6.